The Kier molecular flexibility index (Phi) is 8.32. The number of alkyl halides is 3. The smallest absolute Gasteiger partial charge is 0.357 e. The quantitative estimate of drug-likeness (QED) is 0.162. The summed E-state index contributed by atoms with van der Waals surface area (Å²) in [5.41, 5.74) is 4.74. The summed E-state index contributed by atoms with van der Waals surface area (Å²) in [6.45, 7) is 3.72. The highest BCUT2D eigenvalue weighted by Gasteiger charge is 2.39. The molecule has 2 N–H and O–H groups in total. The highest BCUT2D eigenvalue weighted by molar-refractivity contribution is 5.94. The summed E-state index contributed by atoms with van der Waals surface area (Å²) >= 11 is 0. The van der Waals surface area contributed by atoms with Gasteiger partial charge < -0.3 is 10.3 Å². The standard InChI is InChI=1S/C37H32F3N5O/c1-25-28(20-27-18-19-33(41-21-27)37(38,39)40)22-42-34(25)35(46)44-26(2)29-23-43-45(24-29)36(30-12-6-3-7-13-30,31-14-8-4-9-15-31)32-16-10-5-11-17-32/h3-19,21-24,26,42H,20H2,1-2H3,(H,44,46). The van der Waals surface area contributed by atoms with Gasteiger partial charge in [0.15, 0.2) is 0 Å². The van der Waals surface area contributed by atoms with Gasteiger partial charge in [-0.05, 0) is 53.3 Å². The number of rotatable bonds is 9. The summed E-state index contributed by atoms with van der Waals surface area (Å²) < 4.78 is 40.7. The van der Waals surface area contributed by atoms with Crippen molar-refractivity contribution in [2.45, 2.75) is 38.0 Å². The van der Waals surface area contributed by atoms with E-state index in [0.29, 0.717) is 17.7 Å². The molecule has 3 aromatic carbocycles. The molecule has 0 fully saturated rings. The predicted molar refractivity (Wildman–Crippen MR) is 170 cm³/mol. The molecule has 0 aliphatic carbocycles. The van der Waals surface area contributed by atoms with Crippen molar-refractivity contribution in [3.05, 3.63) is 178 Å². The fourth-order valence-corrected chi connectivity index (χ4v) is 5.90. The van der Waals surface area contributed by atoms with Crippen LogP contribution >= 0.6 is 0 Å². The van der Waals surface area contributed by atoms with E-state index in [9.17, 15) is 18.0 Å². The maximum Gasteiger partial charge on any atom is 0.433 e. The molecule has 6 nitrogen and oxygen atoms in total. The zero-order valence-electron chi connectivity index (χ0n) is 25.3. The van der Waals surface area contributed by atoms with Gasteiger partial charge in [0.25, 0.3) is 5.91 Å². The summed E-state index contributed by atoms with van der Waals surface area (Å²) in [5, 5.41) is 7.97. The Morgan fingerprint density at radius 3 is 1.91 bits per heavy atom. The number of carbonyl (C=O) groups is 1. The largest absolute Gasteiger partial charge is 0.433 e. The van der Waals surface area contributed by atoms with Crippen molar-refractivity contribution < 1.29 is 18.0 Å². The van der Waals surface area contributed by atoms with Crippen molar-refractivity contribution in [2.75, 3.05) is 0 Å². The molecule has 0 aliphatic heterocycles. The number of H-pyrrole nitrogens is 1. The monoisotopic (exact) mass is 619 g/mol. The Hall–Kier alpha value is -5.44. The van der Waals surface area contributed by atoms with Gasteiger partial charge >= 0.3 is 6.18 Å². The van der Waals surface area contributed by atoms with Gasteiger partial charge in [-0.3, -0.25) is 14.5 Å². The second-order valence-electron chi connectivity index (χ2n) is 11.3. The lowest BCUT2D eigenvalue weighted by atomic mass is 9.77. The highest BCUT2D eigenvalue weighted by atomic mass is 19.4. The van der Waals surface area contributed by atoms with Crippen molar-refractivity contribution in [3.8, 4) is 0 Å². The molecular formula is C37H32F3N5O. The molecule has 46 heavy (non-hydrogen) atoms. The van der Waals surface area contributed by atoms with Gasteiger partial charge in [0.05, 0.1) is 12.2 Å². The molecule has 0 bridgehead atoms. The molecule has 1 atom stereocenters. The summed E-state index contributed by atoms with van der Waals surface area (Å²) in [5.74, 6) is -0.296. The van der Waals surface area contributed by atoms with E-state index in [1.54, 1.807) is 12.4 Å². The van der Waals surface area contributed by atoms with Crippen LogP contribution < -0.4 is 5.32 Å². The number of nitrogens with one attached hydrogen (secondary N) is 2. The van der Waals surface area contributed by atoms with Crippen molar-refractivity contribution in [1.82, 2.24) is 25.1 Å². The number of benzene rings is 3. The minimum Gasteiger partial charge on any atom is -0.357 e. The van der Waals surface area contributed by atoms with Crippen LogP contribution in [-0.4, -0.2) is 25.7 Å². The number of nitrogens with zero attached hydrogens (tertiary/aromatic N) is 3. The lowest BCUT2D eigenvalue weighted by Gasteiger charge is -2.36. The number of hydrogen-bond acceptors (Lipinski definition) is 3. The first-order chi connectivity index (χ1) is 22.2. The van der Waals surface area contributed by atoms with Gasteiger partial charge in [0.2, 0.25) is 0 Å². The van der Waals surface area contributed by atoms with Crippen LogP contribution in [0.4, 0.5) is 13.2 Å². The van der Waals surface area contributed by atoms with Crippen molar-refractivity contribution in [3.63, 3.8) is 0 Å². The first kappa shape index (κ1) is 30.6. The highest BCUT2D eigenvalue weighted by Crippen LogP contribution is 2.40. The van der Waals surface area contributed by atoms with Crippen LogP contribution in [0.15, 0.2) is 128 Å². The van der Waals surface area contributed by atoms with Crippen LogP contribution in [0.25, 0.3) is 0 Å². The van der Waals surface area contributed by atoms with E-state index >= 15 is 0 Å². The van der Waals surface area contributed by atoms with E-state index in [2.05, 4.69) is 51.7 Å². The van der Waals surface area contributed by atoms with Crippen molar-refractivity contribution in [2.24, 2.45) is 0 Å². The third-order valence-electron chi connectivity index (χ3n) is 8.35. The molecule has 0 spiro atoms. The molecule has 6 rings (SSSR count). The molecule has 0 radical (unpaired) electrons. The van der Waals surface area contributed by atoms with E-state index in [1.807, 2.05) is 79.3 Å². The Morgan fingerprint density at radius 2 is 1.41 bits per heavy atom. The maximum atomic E-state index is 13.4. The number of aromatic amines is 1. The summed E-state index contributed by atoms with van der Waals surface area (Å²) in [4.78, 5) is 20.0. The van der Waals surface area contributed by atoms with Gasteiger partial charge in [-0.25, -0.2) is 0 Å². The lowest BCUT2D eigenvalue weighted by Crippen LogP contribution is -2.38. The number of hydrogen-bond donors (Lipinski definition) is 2. The van der Waals surface area contributed by atoms with Crippen LogP contribution in [0.3, 0.4) is 0 Å². The zero-order valence-corrected chi connectivity index (χ0v) is 25.3. The summed E-state index contributed by atoms with van der Waals surface area (Å²) in [6.07, 6.45) is 2.52. The van der Waals surface area contributed by atoms with E-state index in [4.69, 9.17) is 5.10 Å². The fourth-order valence-electron chi connectivity index (χ4n) is 5.90. The molecule has 0 saturated carbocycles. The van der Waals surface area contributed by atoms with Gasteiger partial charge in [-0.15, -0.1) is 0 Å². The van der Waals surface area contributed by atoms with Crippen LogP contribution in [0.1, 0.15) is 68.1 Å². The summed E-state index contributed by atoms with van der Waals surface area (Å²) in [7, 11) is 0. The van der Waals surface area contributed by atoms with Crippen LogP contribution in [-0.2, 0) is 18.1 Å². The number of aromatic nitrogens is 4. The minimum absolute atomic E-state index is 0.296. The summed E-state index contributed by atoms with van der Waals surface area (Å²) in [6, 6.07) is 32.6. The Balaban J connectivity index is 1.27. The molecule has 1 amide bonds. The van der Waals surface area contributed by atoms with Crippen LogP contribution in [0.2, 0.25) is 0 Å². The van der Waals surface area contributed by atoms with Gasteiger partial charge in [0.1, 0.15) is 16.9 Å². The van der Waals surface area contributed by atoms with Crippen molar-refractivity contribution >= 4 is 5.91 Å². The SMILES string of the molecule is Cc1c(Cc2ccc(C(F)(F)F)nc2)c[nH]c1C(=O)NC(C)c1cnn(C(c2ccccc2)(c2ccccc2)c2ccccc2)c1. The Labute approximate surface area is 265 Å². The average molecular weight is 620 g/mol. The zero-order chi connectivity index (χ0) is 32.3. The molecule has 1 unspecified atom stereocenters. The third-order valence-corrected chi connectivity index (χ3v) is 8.35. The Bertz CT molecular complexity index is 1820. The number of halogens is 3. The topological polar surface area (TPSA) is 75.6 Å². The fraction of sp³-hybridized carbons (Fsp3) is 0.162. The number of carbonyl (C=O) groups excluding carboxylic acids is 1. The molecule has 232 valence electrons. The van der Waals surface area contributed by atoms with E-state index in [0.717, 1.165) is 39.4 Å². The third kappa shape index (κ3) is 5.83. The number of amides is 1. The molecular weight excluding hydrogens is 587 g/mol. The van der Waals surface area contributed by atoms with E-state index < -0.39 is 17.4 Å². The average Bonchev–Trinajstić information content (AvgIpc) is 3.70. The minimum atomic E-state index is -4.49. The molecule has 3 heterocycles. The molecule has 0 aliphatic rings. The lowest BCUT2D eigenvalue weighted by molar-refractivity contribution is -0.141. The van der Waals surface area contributed by atoms with Gasteiger partial charge in [0, 0.05) is 30.6 Å². The van der Waals surface area contributed by atoms with Gasteiger partial charge in [-0.2, -0.15) is 18.3 Å². The number of pyridine rings is 1. The predicted octanol–water partition coefficient (Wildman–Crippen LogP) is 7.86. The first-order valence-electron chi connectivity index (χ1n) is 14.9. The normalized spacial score (nSPS) is 12.5. The molecule has 3 aromatic heterocycles. The first-order valence-corrected chi connectivity index (χ1v) is 14.9. The van der Waals surface area contributed by atoms with E-state index in [1.165, 1.54) is 12.3 Å². The van der Waals surface area contributed by atoms with Gasteiger partial charge in [-0.1, -0.05) is 97.1 Å². The maximum absolute atomic E-state index is 13.4. The van der Waals surface area contributed by atoms with E-state index in [-0.39, 0.29) is 11.9 Å². The van der Waals surface area contributed by atoms with Crippen LogP contribution in [0.5, 0.6) is 0 Å². The molecule has 6 aromatic rings. The molecule has 9 heteroatoms. The second kappa shape index (κ2) is 12.5. The van der Waals surface area contributed by atoms with Crippen LogP contribution in [0, 0.1) is 6.92 Å². The second-order valence-corrected chi connectivity index (χ2v) is 11.3. The molecule has 0 saturated heterocycles. The Morgan fingerprint density at radius 1 is 0.848 bits per heavy atom. The van der Waals surface area contributed by atoms with Crippen molar-refractivity contribution in [1.29, 1.82) is 0 Å².